The molecular weight excluding hydrogens is 456 g/mol. The number of benzene rings is 2. The quantitative estimate of drug-likeness (QED) is 0.276. The molecule has 0 aromatic heterocycles. The fourth-order valence-corrected chi connectivity index (χ4v) is 5.06. The molecule has 0 aliphatic rings. The van der Waals surface area contributed by atoms with Crippen LogP contribution >= 0.6 is 11.8 Å². The molecule has 0 atom stereocenters. The molecule has 2 aromatic rings. The monoisotopic (exact) mass is 498 g/mol. The van der Waals surface area contributed by atoms with Crippen molar-refractivity contribution in [2.75, 3.05) is 55.0 Å². The van der Waals surface area contributed by atoms with Crippen molar-refractivity contribution in [2.24, 2.45) is 0 Å². The van der Waals surface area contributed by atoms with Gasteiger partial charge >= 0.3 is 0 Å². The number of likely N-dealkylation sites (N-methyl/N-ethyl adjacent to an activating group) is 1. The van der Waals surface area contributed by atoms with E-state index in [2.05, 4.69) is 34.3 Å². The van der Waals surface area contributed by atoms with E-state index in [1.807, 2.05) is 64.1 Å². The fourth-order valence-electron chi connectivity index (χ4n) is 4.01. The second-order valence-corrected chi connectivity index (χ2v) is 10.2. The summed E-state index contributed by atoms with van der Waals surface area (Å²) in [5.74, 6) is 1.73. The van der Waals surface area contributed by atoms with Gasteiger partial charge in [0.2, 0.25) is 11.8 Å². The van der Waals surface area contributed by atoms with Gasteiger partial charge in [0.15, 0.2) is 0 Å². The molecule has 0 fully saturated rings. The summed E-state index contributed by atoms with van der Waals surface area (Å²) in [5.41, 5.74) is 6.15. The Morgan fingerprint density at radius 3 is 1.63 bits per heavy atom. The van der Waals surface area contributed by atoms with Crippen molar-refractivity contribution in [2.45, 2.75) is 48.0 Å². The van der Waals surface area contributed by atoms with Crippen molar-refractivity contribution in [3.8, 4) is 0 Å². The Morgan fingerprint density at radius 2 is 1.20 bits per heavy atom. The second-order valence-electron chi connectivity index (χ2n) is 9.09. The highest BCUT2D eigenvalue weighted by atomic mass is 32.2. The first-order chi connectivity index (χ1) is 16.7. The number of carbonyl (C=O) groups is 2. The van der Waals surface area contributed by atoms with E-state index >= 15 is 0 Å². The zero-order valence-electron chi connectivity index (χ0n) is 22.2. The molecule has 6 nitrogen and oxygen atoms in total. The summed E-state index contributed by atoms with van der Waals surface area (Å²) in [4.78, 5) is 29.7. The van der Waals surface area contributed by atoms with Crippen molar-refractivity contribution >= 4 is 35.0 Å². The molecule has 0 bridgehead atoms. The van der Waals surface area contributed by atoms with Crippen molar-refractivity contribution < 1.29 is 9.59 Å². The van der Waals surface area contributed by atoms with E-state index in [9.17, 15) is 9.59 Å². The predicted octanol–water partition coefficient (Wildman–Crippen LogP) is 5.22. The Morgan fingerprint density at radius 1 is 0.743 bits per heavy atom. The molecule has 0 aliphatic carbocycles. The summed E-state index contributed by atoms with van der Waals surface area (Å²) in [7, 11) is 0. The van der Waals surface area contributed by atoms with Crippen molar-refractivity contribution in [1.29, 1.82) is 0 Å². The summed E-state index contributed by atoms with van der Waals surface area (Å²) < 4.78 is 0. The highest BCUT2D eigenvalue weighted by Gasteiger charge is 2.14. The van der Waals surface area contributed by atoms with Crippen LogP contribution in [0, 0.1) is 27.7 Å². The van der Waals surface area contributed by atoms with Crippen LogP contribution < -0.4 is 10.6 Å². The van der Waals surface area contributed by atoms with E-state index in [4.69, 9.17) is 0 Å². The summed E-state index contributed by atoms with van der Waals surface area (Å²) in [5, 5.41) is 6.17. The van der Waals surface area contributed by atoms with Crippen LogP contribution in [0.3, 0.4) is 0 Å². The second kappa shape index (κ2) is 14.9. The summed E-state index contributed by atoms with van der Waals surface area (Å²) >= 11 is 1.80. The van der Waals surface area contributed by atoms with Gasteiger partial charge in [-0.1, -0.05) is 50.2 Å². The van der Waals surface area contributed by atoms with Crippen LogP contribution in [0.25, 0.3) is 0 Å². The van der Waals surface area contributed by atoms with Crippen molar-refractivity contribution in [1.82, 2.24) is 9.80 Å². The highest BCUT2D eigenvalue weighted by molar-refractivity contribution is 7.99. The van der Waals surface area contributed by atoms with Gasteiger partial charge < -0.3 is 10.6 Å². The highest BCUT2D eigenvalue weighted by Crippen LogP contribution is 2.20. The molecule has 2 rings (SSSR count). The minimum absolute atomic E-state index is 0.0145. The first kappa shape index (κ1) is 28.9. The molecule has 0 saturated carbocycles. The number of thioether (sulfide) groups is 1. The lowest BCUT2D eigenvalue weighted by molar-refractivity contribution is -0.118. The Labute approximate surface area is 215 Å². The van der Waals surface area contributed by atoms with Gasteiger partial charge in [0.25, 0.3) is 0 Å². The largest absolute Gasteiger partial charge is 0.324 e. The summed E-state index contributed by atoms with van der Waals surface area (Å²) in [6.45, 7) is 15.6. The number of hydrogen-bond acceptors (Lipinski definition) is 5. The Balaban J connectivity index is 1.78. The van der Waals surface area contributed by atoms with Gasteiger partial charge in [0.05, 0.1) is 13.1 Å². The van der Waals surface area contributed by atoms with Gasteiger partial charge in [0, 0.05) is 29.5 Å². The lowest BCUT2D eigenvalue weighted by Crippen LogP contribution is -2.36. The van der Waals surface area contributed by atoms with E-state index in [0.717, 1.165) is 71.3 Å². The summed E-state index contributed by atoms with van der Waals surface area (Å²) in [6, 6.07) is 12.1. The Kier molecular flexibility index (Phi) is 12.3. The smallest absolute Gasteiger partial charge is 0.238 e. The van der Waals surface area contributed by atoms with Gasteiger partial charge in [-0.15, -0.1) is 11.8 Å². The molecule has 2 amide bonds. The normalized spacial score (nSPS) is 11.2. The average Bonchev–Trinajstić information content (AvgIpc) is 2.81. The molecular formula is C28H42N4O2S. The fraction of sp³-hybridized carbons (Fsp3) is 0.500. The topological polar surface area (TPSA) is 64.7 Å². The number of rotatable bonds is 14. The Bertz CT molecular complexity index is 939. The number of para-hydroxylation sites is 2. The lowest BCUT2D eigenvalue weighted by atomic mass is 10.1. The van der Waals surface area contributed by atoms with Crippen LogP contribution in [0.4, 0.5) is 11.4 Å². The lowest BCUT2D eigenvalue weighted by Gasteiger charge is -2.23. The molecule has 2 aromatic carbocycles. The van der Waals surface area contributed by atoms with Gasteiger partial charge in [0.1, 0.15) is 0 Å². The third-order valence-electron chi connectivity index (χ3n) is 6.04. The molecule has 2 N–H and O–H groups in total. The van der Waals surface area contributed by atoms with Crippen molar-refractivity contribution in [3.05, 3.63) is 58.7 Å². The predicted molar refractivity (Wildman–Crippen MR) is 150 cm³/mol. The first-order valence-corrected chi connectivity index (χ1v) is 13.6. The summed E-state index contributed by atoms with van der Waals surface area (Å²) in [6.07, 6.45) is 1.00. The van der Waals surface area contributed by atoms with E-state index in [0.29, 0.717) is 13.1 Å². The maximum atomic E-state index is 12.7. The molecule has 192 valence electrons. The minimum Gasteiger partial charge on any atom is -0.324 e. The number of hydrogen-bond donors (Lipinski definition) is 2. The number of anilines is 2. The molecule has 35 heavy (non-hydrogen) atoms. The molecule has 7 heteroatoms. The van der Waals surface area contributed by atoms with Crippen LogP contribution in [0.2, 0.25) is 0 Å². The van der Waals surface area contributed by atoms with Gasteiger partial charge in [-0.3, -0.25) is 19.4 Å². The van der Waals surface area contributed by atoms with Gasteiger partial charge in [-0.2, -0.15) is 0 Å². The molecule has 0 radical (unpaired) electrons. The van der Waals surface area contributed by atoms with E-state index < -0.39 is 0 Å². The molecule has 0 unspecified atom stereocenters. The maximum Gasteiger partial charge on any atom is 0.238 e. The average molecular weight is 499 g/mol. The number of nitrogens with zero attached hydrogens (tertiary/aromatic N) is 2. The van der Waals surface area contributed by atoms with Crippen molar-refractivity contribution in [3.63, 3.8) is 0 Å². The van der Waals surface area contributed by atoms with Gasteiger partial charge in [-0.25, -0.2) is 0 Å². The van der Waals surface area contributed by atoms with Crippen LogP contribution in [-0.2, 0) is 9.59 Å². The zero-order valence-corrected chi connectivity index (χ0v) is 23.1. The third-order valence-corrected chi connectivity index (χ3v) is 7.06. The van der Waals surface area contributed by atoms with E-state index in [-0.39, 0.29) is 11.8 Å². The Hall–Kier alpha value is -2.35. The number of aryl methyl sites for hydroxylation is 4. The standard InChI is InChI=1S/C28H42N4O2S/c1-7-15-32(19-26(34)30-28-23(5)13-10-14-24(28)6)16-17-35-20-31(8-2)18-25(33)29-27-21(3)11-9-12-22(27)4/h9-14H,7-8,15-20H2,1-6H3,(H,29,33)(H,30,34). The SMILES string of the molecule is CCCN(CCSCN(CC)CC(=O)Nc1c(C)cccc1C)CC(=O)Nc1c(C)cccc1C. The van der Waals surface area contributed by atoms with Gasteiger partial charge in [-0.05, 0) is 69.5 Å². The first-order valence-electron chi connectivity index (χ1n) is 12.5. The number of amides is 2. The third kappa shape index (κ3) is 9.67. The molecule has 0 aliphatic heterocycles. The van der Waals surface area contributed by atoms with E-state index in [1.54, 1.807) is 11.8 Å². The van der Waals surface area contributed by atoms with Crippen LogP contribution in [0.1, 0.15) is 42.5 Å². The van der Waals surface area contributed by atoms with Crippen LogP contribution in [0.5, 0.6) is 0 Å². The van der Waals surface area contributed by atoms with E-state index in [1.165, 1.54) is 0 Å². The molecule has 0 heterocycles. The van der Waals surface area contributed by atoms with Crippen LogP contribution in [0.15, 0.2) is 36.4 Å². The van der Waals surface area contributed by atoms with Crippen LogP contribution in [-0.4, -0.2) is 66.0 Å². The number of nitrogens with one attached hydrogen (secondary N) is 2. The molecule has 0 saturated heterocycles. The maximum absolute atomic E-state index is 12.7. The minimum atomic E-state index is 0.0145. The molecule has 0 spiro atoms. The number of carbonyl (C=O) groups excluding carboxylic acids is 2. The zero-order chi connectivity index (χ0) is 25.8.